The van der Waals surface area contributed by atoms with E-state index in [0.29, 0.717) is 17.4 Å². The van der Waals surface area contributed by atoms with Crippen molar-refractivity contribution in [3.8, 4) is 0 Å². The summed E-state index contributed by atoms with van der Waals surface area (Å²) in [7, 11) is 5.97. The van der Waals surface area contributed by atoms with Gasteiger partial charge in [0.25, 0.3) is 6.29 Å². The lowest BCUT2D eigenvalue weighted by atomic mass is 10.0. The number of unbranched alkanes of at least 4 members (excludes halogenated alkanes) is 23. The molecule has 0 aromatic heterocycles. The number of allylic oxidation sites excluding steroid dienone is 26. The molecule has 0 saturated carbocycles. The van der Waals surface area contributed by atoms with Crippen LogP contribution in [0.15, 0.2) is 158 Å². The van der Waals surface area contributed by atoms with Crippen LogP contribution in [-0.4, -0.2) is 87.4 Å². The predicted molar refractivity (Wildman–Crippen MR) is 382 cm³/mol. The highest BCUT2D eigenvalue weighted by atomic mass is 16.7. The van der Waals surface area contributed by atoms with Crippen LogP contribution in [0.1, 0.15) is 271 Å². The fourth-order valence-electron chi connectivity index (χ4n) is 9.41. The molecule has 9 heteroatoms. The Morgan fingerprint density at radius 2 is 0.607 bits per heavy atom. The van der Waals surface area contributed by atoms with Crippen molar-refractivity contribution in [1.29, 1.82) is 0 Å². The summed E-state index contributed by atoms with van der Waals surface area (Å²) in [5.74, 6) is -2.02. The van der Waals surface area contributed by atoms with Crippen molar-refractivity contribution >= 4 is 17.9 Å². The average Bonchev–Trinajstić information content (AvgIpc) is 3.64. The Bertz CT molecular complexity index is 2020. The van der Waals surface area contributed by atoms with Crippen molar-refractivity contribution in [2.75, 3.05) is 47.5 Å². The van der Waals surface area contributed by atoms with Gasteiger partial charge in [-0.05, 0) is 122 Å². The van der Waals surface area contributed by atoms with Gasteiger partial charge >= 0.3 is 17.9 Å². The second-order valence-corrected chi connectivity index (χ2v) is 24.4. The van der Waals surface area contributed by atoms with Crippen molar-refractivity contribution < 1.29 is 42.9 Å². The summed E-state index contributed by atoms with van der Waals surface area (Å²) < 4.78 is 23.0. The van der Waals surface area contributed by atoms with E-state index in [4.69, 9.17) is 18.9 Å². The van der Waals surface area contributed by atoms with E-state index >= 15 is 0 Å². The number of ether oxygens (including phenoxy) is 4. The molecule has 0 fully saturated rings. The number of carboxylic acid groups (broad SMARTS) is 1. The maximum Gasteiger partial charge on any atom is 0.361 e. The van der Waals surface area contributed by atoms with Crippen LogP contribution >= 0.6 is 0 Å². The molecule has 0 aliphatic carbocycles. The van der Waals surface area contributed by atoms with Crippen molar-refractivity contribution in [1.82, 2.24) is 0 Å². The number of rotatable bonds is 64. The average molecular weight is 1240 g/mol. The third-order valence-corrected chi connectivity index (χ3v) is 14.8. The number of quaternary nitrogens is 1. The monoisotopic (exact) mass is 1230 g/mol. The van der Waals surface area contributed by atoms with Gasteiger partial charge in [-0.1, -0.05) is 294 Å². The zero-order valence-electron chi connectivity index (χ0n) is 57.5. The largest absolute Gasteiger partial charge is 0.477 e. The Hall–Kier alpha value is -5.09. The summed E-state index contributed by atoms with van der Waals surface area (Å²) >= 11 is 0. The summed E-state index contributed by atoms with van der Waals surface area (Å²) in [5, 5.41) is 9.75. The number of carboxylic acids is 1. The van der Waals surface area contributed by atoms with Gasteiger partial charge < -0.3 is 28.5 Å². The molecule has 0 spiro atoms. The van der Waals surface area contributed by atoms with Gasteiger partial charge in [0.05, 0.1) is 34.4 Å². The molecule has 0 aliphatic heterocycles. The number of carbonyl (C=O) groups is 3. The van der Waals surface area contributed by atoms with E-state index in [1.165, 1.54) is 103 Å². The van der Waals surface area contributed by atoms with Gasteiger partial charge in [0.2, 0.25) is 0 Å². The molecule has 0 rings (SSSR count). The van der Waals surface area contributed by atoms with Crippen LogP contribution in [-0.2, 0) is 33.3 Å². The van der Waals surface area contributed by atoms with Gasteiger partial charge in [0.15, 0.2) is 6.10 Å². The molecule has 0 saturated heterocycles. The van der Waals surface area contributed by atoms with Gasteiger partial charge in [-0.2, -0.15) is 0 Å². The number of esters is 2. The Morgan fingerprint density at radius 3 is 0.899 bits per heavy atom. The van der Waals surface area contributed by atoms with Gasteiger partial charge in [-0.25, -0.2) is 4.79 Å². The maximum absolute atomic E-state index is 13.0. The molecule has 0 aromatic carbocycles. The fourth-order valence-corrected chi connectivity index (χ4v) is 9.41. The minimum absolute atomic E-state index is 0.180. The first-order valence-corrected chi connectivity index (χ1v) is 35.6. The first-order chi connectivity index (χ1) is 43.6. The van der Waals surface area contributed by atoms with Crippen molar-refractivity contribution in [3.05, 3.63) is 158 Å². The first kappa shape index (κ1) is 83.9. The van der Waals surface area contributed by atoms with E-state index < -0.39 is 24.3 Å². The van der Waals surface area contributed by atoms with E-state index in [2.05, 4.69) is 172 Å². The molecule has 0 amide bonds. The Morgan fingerprint density at radius 1 is 0.337 bits per heavy atom. The topological polar surface area (TPSA) is 108 Å². The van der Waals surface area contributed by atoms with Crippen molar-refractivity contribution in [3.63, 3.8) is 0 Å². The Balaban J connectivity index is 4.13. The molecule has 1 N–H and O–H groups in total. The summed E-state index contributed by atoms with van der Waals surface area (Å²) in [5.41, 5.74) is 0. The summed E-state index contributed by atoms with van der Waals surface area (Å²) in [6, 6.07) is 0. The van der Waals surface area contributed by atoms with Crippen LogP contribution in [0.25, 0.3) is 0 Å². The third-order valence-electron chi connectivity index (χ3n) is 14.8. The summed E-state index contributed by atoms with van der Waals surface area (Å²) in [6.45, 7) is 4.64. The zero-order valence-corrected chi connectivity index (χ0v) is 57.5. The Labute approximate surface area is 546 Å². The van der Waals surface area contributed by atoms with Crippen LogP contribution < -0.4 is 0 Å². The summed E-state index contributed by atoms with van der Waals surface area (Å²) in [6.07, 6.45) is 99.2. The number of hydrogen-bond donors (Lipinski definition) is 1. The predicted octanol–water partition coefficient (Wildman–Crippen LogP) is 22.5. The van der Waals surface area contributed by atoms with E-state index in [9.17, 15) is 19.5 Å². The Kier molecular flexibility index (Phi) is 64.9. The standard InChI is InChI=1S/C80H131NO8/c1-6-8-10-12-14-16-18-20-22-24-26-28-30-32-33-34-35-36-37-38-39-40-41-42-43-44-45-47-49-51-53-55-57-59-61-63-65-67-69-71-78(83)89-76(75-88-80(79(84)85)86-73-72-81(3,4)5)74-87-77(82)70-68-66-64-62-60-58-56-54-52-50-48-46-31-29-27-25-23-21-19-17-15-13-11-9-7-2/h8-11,14-17,20-23,26-29,32-33,35-36,38-39,41-42,46,48,76,80H,6-7,12-13,18-19,24-25,30-31,34,37,40,43-45,47,49-75H2,1-5H3/p+1/b10-8-,11-9-,16-14-,17-15-,22-20-,23-21-,28-26-,29-27-,33-32-,36-35-,39-38-,42-41-,48-46-. The molecule has 0 radical (unpaired) electrons. The molecule has 89 heavy (non-hydrogen) atoms. The van der Waals surface area contributed by atoms with Crippen LogP contribution in [0.3, 0.4) is 0 Å². The highest BCUT2D eigenvalue weighted by molar-refractivity contribution is 5.71. The van der Waals surface area contributed by atoms with Crippen molar-refractivity contribution in [2.45, 2.75) is 283 Å². The molecule has 504 valence electrons. The van der Waals surface area contributed by atoms with Crippen LogP contribution in [0, 0.1) is 0 Å². The zero-order chi connectivity index (χ0) is 64.7. The quantitative estimate of drug-likeness (QED) is 0.0211. The van der Waals surface area contributed by atoms with Crippen LogP contribution in [0.5, 0.6) is 0 Å². The maximum atomic E-state index is 13.0. The molecule has 0 aliphatic rings. The van der Waals surface area contributed by atoms with Crippen LogP contribution in [0.2, 0.25) is 0 Å². The fraction of sp³-hybridized carbons (Fsp3) is 0.637. The van der Waals surface area contributed by atoms with Gasteiger partial charge in [-0.15, -0.1) is 0 Å². The second-order valence-electron chi connectivity index (χ2n) is 24.4. The molecular formula is C80H132NO8+. The first-order valence-electron chi connectivity index (χ1n) is 35.6. The third kappa shape index (κ3) is 70.2. The minimum Gasteiger partial charge on any atom is -0.477 e. The number of hydrogen-bond acceptors (Lipinski definition) is 7. The number of likely N-dealkylation sites (N-methyl/N-ethyl adjacent to an activating group) is 1. The molecule has 9 nitrogen and oxygen atoms in total. The number of carbonyl (C=O) groups excluding carboxylic acids is 2. The lowest BCUT2D eigenvalue weighted by Crippen LogP contribution is -2.40. The van der Waals surface area contributed by atoms with E-state index in [1.807, 2.05) is 21.1 Å². The van der Waals surface area contributed by atoms with Crippen LogP contribution in [0.4, 0.5) is 0 Å². The smallest absolute Gasteiger partial charge is 0.361 e. The van der Waals surface area contributed by atoms with Crippen molar-refractivity contribution in [2.24, 2.45) is 0 Å². The molecule has 2 unspecified atom stereocenters. The molecule has 2 atom stereocenters. The van der Waals surface area contributed by atoms with E-state index in [1.54, 1.807) is 0 Å². The normalized spacial score (nSPS) is 13.7. The lowest BCUT2D eigenvalue weighted by Gasteiger charge is -2.25. The number of aliphatic carboxylic acids is 1. The van der Waals surface area contributed by atoms with Gasteiger partial charge in [0, 0.05) is 12.8 Å². The minimum atomic E-state index is -1.52. The van der Waals surface area contributed by atoms with Gasteiger partial charge in [-0.3, -0.25) is 9.59 Å². The summed E-state index contributed by atoms with van der Waals surface area (Å²) in [4.78, 5) is 37.6. The van der Waals surface area contributed by atoms with E-state index in [-0.39, 0.29) is 38.6 Å². The highest BCUT2D eigenvalue weighted by Crippen LogP contribution is 2.16. The molecule has 0 heterocycles. The molecule has 0 bridgehead atoms. The van der Waals surface area contributed by atoms with E-state index in [0.717, 1.165) is 135 Å². The SMILES string of the molecule is CC/C=C\C/C=C\C/C=C\C/C=C\C/C=C\C/C=C\C/C=C\C/C=C\CCCCCCCCCCCCCCCCC(=O)OC(COC(=O)CCCCCCCCCCC/C=C\C/C=C\C/C=C\C/C=C\C/C=C\CC)COC(OCC[N+](C)(C)C)C(=O)O. The van der Waals surface area contributed by atoms with Gasteiger partial charge in [0.1, 0.15) is 13.2 Å². The molecular weight excluding hydrogens is 1100 g/mol. The highest BCUT2D eigenvalue weighted by Gasteiger charge is 2.25. The number of nitrogens with zero attached hydrogens (tertiary/aromatic N) is 1. The second kappa shape index (κ2) is 68.8. The molecule has 0 aromatic rings. The lowest BCUT2D eigenvalue weighted by molar-refractivity contribution is -0.870.